The van der Waals surface area contributed by atoms with Crippen LogP contribution in [0.4, 0.5) is 0 Å². The molecule has 6 heteroatoms. The summed E-state index contributed by atoms with van der Waals surface area (Å²) in [4.78, 5) is 0.117. The highest BCUT2D eigenvalue weighted by molar-refractivity contribution is 7.86. The molecule has 0 spiro atoms. The van der Waals surface area contributed by atoms with E-state index in [1.54, 1.807) is 24.3 Å². The number of ether oxygens (including phenoxy) is 2. The second-order valence-electron chi connectivity index (χ2n) is 14.5. The topological polar surface area (TPSA) is 61.8 Å². The molecule has 0 aliphatic rings. The van der Waals surface area contributed by atoms with Crippen molar-refractivity contribution in [3.05, 3.63) is 138 Å². The van der Waals surface area contributed by atoms with E-state index in [2.05, 4.69) is 6.92 Å². The van der Waals surface area contributed by atoms with Crippen molar-refractivity contribution >= 4 is 10.1 Å². The van der Waals surface area contributed by atoms with E-state index in [0.29, 0.717) is 6.61 Å². The van der Waals surface area contributed by atoms with Crippen LogP contribution in [0.3, 0.4) is 0 Å². The summed E-state index contributed by atoms with van der Waals surface area (Å²) in [6, 6.07) is 36.9. The summed E-state index contributed by atoms with van der Waals surface area (Å²) in [5.41, 5.74) is 2.78. The van der Waals surface area contributed by atoms with Crippen LogP contribution in [-0.2, 0) is 29.4 Å². The SMILES string of the molecule is CCCCCCCCCCCCCCCCCCOC[C@H](COC(c1ccccc1)(c1ccccc1)c1ccccc1)OS(=O)(=O)c1ccc(C)cc1. The van der Waals surface area contributed by atoms with Gasteiger partial charge in [-0.25, -0.2) is 0 Å². The largest absolute Gasteiger partial charge is 0.379 e. The molecule has 4 rings (SSSR count). The number of hydrogen-bond donors (Lipinski definition) is 0. The Morgan fingerprint density at radius 3 is 1.32 bits per heavy atom. The third-order valence-electron chi connectivity index (χ3n) is 10.0. The van der Waals surface area contributed by atoms with Gasteiger partial charge in [-0.1, -0.05) is 212 Å². The molecule has 1 atom stereocenters. The van der Waals surface area contributed by atoms with Gasteiger partial charge in [-0.05, 0) is 42.2 Å². The lowest BCUT2D eigenvalue weighted by atomic mass is 9.80. The maximum absolute atomic E-state index is 13.5. The predicted molar refractivity (Wildman–Crippen MR) is 219 cm³/mol. The summed E-state index contributed by atoms with van der Waals surface area (Å²) in [5.74, 6) is 0. The molecule has 0 heterocycles. The lowest BCUT2D eigenvalue weighted by Crippen LogP contribution is -2.38. The summed E-state index contributed by atoms with van der Waals surface area (Å²) < 4.78 is 46.1. The lowest BCUT2D eigenvalue weighted by Gasteiger charge is -2.37. The number of rotatable bonds is 28. The van der Waals surface area contributed by atoms with Crippen LogP contribution in [0.15, 0.2) is 120 Å². The first-order valence-corrected chi connectivity index (χ1v) is 21.7. The van der Waals surface area contributed by atoms with E-state index < -0.39 is 21.8 Å². The molecule has 53 heavy (non-hydrogen) atoms. The van der Waals surface area contributed by atoms with Crippen LogP contribution in [0, 0.1) is 6.92 Å². The standard InChI is InChI=1S/C47H64O5S/c1-3-4-5-6-7-8-9-10-11-12-13-14-15-16-17-27-38-50-39-45(52-53(48,49)46-36-34-41(2)35-37-46)40-51-47(42-28-21-18-22-29-42,43-30-23-19-24-31-43)44-32-25-20-26-33-44/h18-26,28-37,45H,3-17,27,38-40H2,1-2H3/t45-/m1/s1. The van der Waals surface area contributed by atoms with Crippen molar-refractivity contribution in [1.82, 2.24) is 0 Å². The Balaban J connectivity index is 1.32. The monoisotopic (exact) mass is 740 g/mol. The Labute approximate surface area is 321 Å². The average molecular weight is 741 g/mol. The molecule has 0 amide bonds. The van der Waals surface area contributed by atoms with Crippen molar-refractivity contribution in [1.29, 1.82) is 0 Å². The molecule has 0 saturated carbocycles. The first kappa shape index (κ1) is 42.5. The predicted octanol–water partition coefficient (Wildman–Crippen LogP) is 12.4. The molecule has 0 aliphatic heterocycles. The molecule has 5 nitrogen and oxygen atoms in total. The van der Waals surface area contributed by atoms with Gasteiger partial charge in [-0.2, -0.15) is 8.42 Å². The Kier molecular flexibility index (Phi) is 19.4. The highest BCUT2D eigenvalue weighted by atomic mass is 32.2. The maximum atomic E-state index is 13.5. The minimum atomic E-state index is -4.07. The van der Waals surface area contributed by atoms with Gasteiger partial charge in [0.15, 0.2) is 0 Å². The summed E-state index contributed by atoms with van der Waals surface area (Å²) >= 11 is 0. The Morgan fingerprint density at radius 2 is 0.906 bits per heavy atom. The first-order chi connectivity index (χ1) is 26.0. The van der Waals surface area contributed by atoms with Gasteiger partial charge >= 0.3 is 0 Å². The molecular formula is C47H64O5S. The number of hydrogen-bond acceptors (Lipinski definition) is 5. The quantitative estimate of drug-likeness (QED) is 0.0330. The van der Waals surface area contributed by atoms with Gasteiger partial charge < -0.3 is 9.47 Å². The van der Waals surface area contributed by atoms with E-state index in [1.807, 2.05) is 97.9 Å². The molecule has 0 N–H and O–H groups in total. The molecule has 0 unspecified atom stereocenters. The normalized spacial score (nSPS) is 12.6. The van der Waals surface area contributed by atoms with E-state index >= 15 is 0 Å². The molecule has 4 aromatic rings. The van der Waals surface area contributed by atoms with Crippen molar-refractivity contribution in [2.75, 3.05) is 19.8 Å². The minimum Gasteiger partial charge on any atom is -0.379 e. The van der Waals surface area contributed by atoms with Gasteiger partial charge in [0.25, 0.3) is 10.1 Å². The summed E-state index contributed by atoms with van der Waals surface area (Å²) in [6.45, 7) is 4.84. The minimum absolute atomic E-state index is 0.0112. The van der Waals surface area contributed by atoms with E-state index in [-0.39, 0.29) is 18.1 Å². The number of aryl methyl sites for hydroxylation is 1. The van der Waals surface area contributed by atoms with Crippen LogP contribution in [0.25, 0.3) is 0 Å². The van der Waals surface area contributed by atoms with E-state index in [1.165, 1.54) is 89.9 Å². The van der Waals surface area contributed by atoms with E-state index in [0.717, 1.165) is 35.1 Å². The van der Waals surface area contributed by atoms with E-state index in [4.69, 9.17) is 13.7 Å². The maximum Gasteiger partial charge on any atom is 0.297 e. The van der Waals surface area contributed by atoms with E-state index in [9.17, 15) is 8.42 Å². The van der Waals surface area contributed by atoms with Crippen LogP contribution < -0.4 is 0 Å². The summed E-state index contributed by atoms with van der Waals surface area (Å²) in [6.07, 6.45) is 20.1. The third kappa shape index (κ3) is 14.5. The van der Waals surface area contributed by atoms with Crippen LogP contribution in [0.2, 0.25) is 0 Å². The smallest absolute Gasteiger partial charge is 0.297 e. The molecular weight excluding hydrogens is 677 g/mol. The van der Waals surface area contributed by atoms with Gasteiger partial charge in [0.1, 0.15) is 11.7 Å². The van der Waals surface area contributed by atoms with Crippen molar-refractivity contribution in [3.8, 4) is 0 Å². The van der Waals surface area contributed by atoms with Gasteiger partial charge in [0.05, 0.1) is 18.1 Å². The summed E-state index contributed by atoms with van der Waals surface area (Å²) in [7, 11) is -4.07. The molecule has 0 saturated heterocycles. The molecule has 4 aromatic carbocycles. The fourth-order valence-electron chi connectivity index (χ4n) is 7.00. The van der Waals surface area contributed by atoms with Gasteiger partial charge in [-0.3, -0.25) is 4.18 Å². The Bertz CT molecular complexity index is 1510. The Morgan fingerprint density at radius 1 is 0.509 bits per heavy atom. The zero-order chi connectivity index (χ0) is 37.5. The van der Waals surface area contributed by atoms with Gasteiger partial charge in [-0.15, -0.1) is 0 Å². The van der Waals surface area contributed by atoms with Crippen LogP contribution in [0.5, 0.6) is 0 Å². The summed E-state index contributed by atoms with van der Waals surface area (Å²) in [5, 5.41) is 0. The molecule has 0 fully saturated rings. The molecule has 0 aliphatic carbocycles. The van der Waals surface area contributed by atoms with Crippen molar-refractivity contribution < 1.29 is 22.1 Å². The van der Waals surface area contributed by atoms with Crippen molar-refractivity contribution in [3.63, 3.8) is 0 Å². The van der Waals surface area contributed by atoms with Crippen molar-refractivity contribution in [2.24, 2.45) is 0 Å². The van der Waals surface area contributed by atoms with Crippen molar-refractivity contribution in [2.45, 2.75) is 133 Å². The lowest BCUT2D eigenvalue weighted by molar-refractivity contribution is -0.0535. The zero-order valence-corrected chi connectivity index (χ0v) is 33.2. The van der Waals surface area contributed by atoms with Crippen LogP contribution >= 0.6 is 0 Å². The Hall–Kier alpha value is -3.29. The highest BCUT2D eigenvalue weighted by Crippen LogP contribution is 2.40. The second-order valence-corrected chi connectivity index (χ2v) is 16.0. The van der Waals surface area contributed by atoms with Gasteiger partial charge in [0, 0.05) is 6.61 Å². The average Bonchev–Trinajstić information content (AvgIpc) is 3.19. The fraction of sp³-hybridized carbons (Fsp3) is 0.489. The van der Waals surface area contributed by atoms with Crippen LogP contribution in [0.1, 0.15) is 132 Å². The molecule has 0 radical (unpaired) electrons. The third-order valence-corrected chi connectivity index (χ3v) is 11.4. The van der Waals surface area contributed by atoms with Gasteiger partial charge in [0.2, 0.25) is 0 Å². The second kappa shape index (κ2) is 24.2. The fourth-order valence-corrected chi connectivity index (χ4v) is 8.05. The number of benzene rings is 4. The zero-order valence-electron chi connectivity index (χ0n) is 32.4. The molecule has 0 bridgehead atoms. The molecule has 288 valence electrons. The highest BCUT2D eigenvalue weighted by Gasteiger charge is 2.39. The first-order valence-electron chi connectivity index (χ1n) is 20.3. The van der Waals surface area contributed by atoms with Crippen LogP contribution in [-0.4, -0.2) is 34.3 Å². The number of unbranched alkanes of at least 4 members (excludes halogenated alkanes) is 15. The molecule has 0 aromatic heterocycles.